The molecule has 0 radical (unpaired) electrons. The van der Waals surface area contributed by atoms with Crippen molar-refractivity contribution in [2.75, 3.05) is 6.61 Å². The fourth-order valence-corrected chi connectivity index (χ4v) is 1.56. The van der Waals surface area contributed by atoms with Crippen molar-refractivity contribution in [1.82, 2.24) is 5.32 Å². The van der Waals surface area contributed by atoms with E-state index in [2.05, 4.69) is 16.6 Å². The second-order valence-corrected chi connectivity index (χ2v) is 3.95. The van der Waals surface area contributed by atoms with Gasteiger partial charge in [-0.05, 0) is 11.1 Å². The normalized spacial score (nSPS) is 11.4. The monoisotopic (exact) mass is 283 g/mol. The topological polar surface area (TPSA) is 75.6 Å². The SMILES string of the molecule is C=CCOC(=O)NC(C(=O)O)c1ccc(CCl)cc1. The van der Waals surface area contributed by atoms with E-state index in [1.54, 1.807) is 24.3 Å². The number of ether oxygens (including phenoxy) is 1. The van der Waals surface area contributed by atoms with Crippen LogP contribution in [0.3, 0.4) is 0 Å². The van der Waals surface area contributed by atoms with E-state index in [1.165, 1.54) is 6.08 Å². The third kappa shape index (κ3) is 4.63. The van der Waals surface area contributed by atoms with Gasteiger partial charge in [0.1, 0.15) is 6.61 Å². The van der Waals surface area contributed by atoms with Gasteiger partial charge in [-0.15, -0.1) is 11.6 Å². The van der Waals surface area contributed by atoms with Crippen molar-refractivity contribution >= 4 is 23.7 Å². The van der Waals surface area contributed by atoms with Crippen LogP contribution in [-0.2, 0) is 15.4 Å². The molecule has 1 amide bonds. The molecular formula is C13H14ClNO4. The Labute approximate surface area is 115 Å². The largest absolute Gasteiger partial charge is 0.479 e. The summed E-state index contributed by atoms with van der Waals surface area (Å²) < 4.78 is 4.69. The lowest BCUT2D eigenvalue weighted by molar-refractivity contribution is -0.139. The quantitative estimate of drug-likeness (QED) is 0.621. The molecule has 0 aliphatic rings. The van der Waals surface area contributed by atoms with Crippen LogP contribution in [0.4, 0.5) is 4.79 Å². The summed E-state index contributed by atoms with van der Waals surface area (Å²) in [4.78, 5) is 22.5. The van der Waals surface area contributed by atoms with Gasteiger partial charge in [-0.3, -0.25) is 0 Å². The molecule has 19 heavy (non-hydrogen) atoms. The van der Waals surface area contributed by atoms with Crippen LogP contribution in [0, 0.1) is 0 Å². The predicted octanol–water partition coefficient (Wildman–Crippen LogP) is 2.46. The maximum Gasteiger partial charge on any atom is 0.408 e. The molecule has 0 aliphatic carbocycles. The Bertz CT molecular complexity index is 458. The Kier molecular flexibility index (Phi) is 5.89. The average molecular weight is 284 g/mol. The molecule has 1 aromatic rings. The number of rotatable bonds is 6. The van der Waals surface area contributed by atoms with E-state index in [4.69, 9.17) is 16.7 Å². The van der Waals surface area contributed by atoms with Crippen molar-refractivity contribution in [3.05, 3.63) is 48.0 Å². The van der Waals surface area contributed by atoms with E-state index in [0.717, 1.165) is 5.56 Å². The molecule has 2 N–H and O–H groups in total. The first-order chi connectivity index (χ1) is 9.08. The molecule has 0 saturated carbocycles. The number of aliphatic carboxylic acids is 1. The highest BCUT2D eigenvalue weighted by molar-refractivity contribution is 6.17. The van der Waals surface area contributed by atoms with Crippen LogP contribution in [0.5, 0.6) is 0 Å². The highest BCUT2D eigenvalue weighted by Gasteiger charge is 2.22. The van der Waals surface area contributed by atoms with Gasteiger partial charge >= 0.3 is 12.1 Å². The smallest absolute Gasteiger partial charge is 0.408 e. The zero-order valence-corrected chi connectivity index (χ0v) is 10.9. The second-order valence-electron chi connectivity index (χ2n) is 3.68. The van der Waals surface area contributed by atoms with E-state index in [-0.39, 0.29) is 6.61 Å². The number of carboxylic acids is 1. The first-order valence-electron chi connectivity index (χ1n) is 5.50. The predicted molar refractivity (Wildman–Crippen MR) is 71.1 cm³/mol. The third-order valence-corrected chi connectivity index (χ3v) is 2.62. The van der Waals surface area contributed by atoms with Gasteiger partial charge in [-0.1, -0.05) is 36.9 Å². The number of nitrogens with one attached hydrogen (secondary N) is 1. The van der Waals surface area contributed by atoms with Gasteiger partial charge in [0.2, 0.25) is 0 Å². The molecule has 1 rings (SSSR count). The van der Waals surface area contributed by atoms with Crippen molar-refractivity contribution in [2.45, 2.75) is 11.9 Å². The molecular weight excluding hydrogens is 270 g/mol. The van der Waals surface area contributed by atoms with Crippen LogP contribution in [0.1, 0.15) is 17.2 Å². The van der Waals surface area contributed by atoms with Gasteiger partial charge in [0.05, 0.1) is 0 Å². The lowest BCUT2D eigenvalue weighted by Crippen LogP contribution is -2.34. The van der Waals surface area contributed by atoms with Crippen LogP contribution in [0.2, 0.25) is 0 Å². The fourth-order valence-electron chi connectivity index (χ4n) is 1.38. The maximum atomic E-state index is 11.3. The minimum Gasteiger partial charge on any atom is -0.479 e. The Hall–Kier alpha value is -2.01. The van der Waals surface area contributed by atoms with Gasteiger partial charge in [0.15, 0.2) is 6.04 Å². The van der Waals surface area contributed by atoms with Gasteiger partial charge in [0, 0.05) is 5.88 Å². The number of hydrogen-bond acceptors (Lipinski definition) is 3. The lowest BCUT2D eigenvalue weighted by Gasteiger charge is -2.14. The summed E-state index contributed by atoms with van der Waals surface area (Å²) in [6, 6.07) is 5.44. The molecule has 0 aliphatic heterocycles. The third-order valence-electron chi connectivity index (χ3n) is 2.31. The lowest BCUT2D eigenvalue weighted by atomic mass is 10.1. The summed E-state index contributed by atoms with van der Waals surface area (Å²) in [5, 5.41) is 11.4. The number of alkyl carbamates (subject to hydrolysis) is 1. The van der Waals surface area contributed by atoms with Crippen molar-refractivity contribution in [1.29, 1.82) is 0 Å². The number of carboxylic acid groups (broad SMARTS) is 1. The summed E-state index contributed by atoms with van der Waals surface area (Å²) in [6.07, 6.45) is 0.582. The van der Waals surface area contributed by atoms with Gasteiger partial charge in [-0.2, -0.15) is 0 Å². The van der Waals surface area contributed by atoms with Crippen LogP contribution in [-0.4, -0.2) is 23.8 Å². The fraction of sp³-hybridized carbons (Fsp3) is 0.231. The van der Waals surface area contributed by atoms with Crippen LogP contribution >= 0.6 is 11.6 Å². The number of benzene rings is 1. The Morgan fingerprint density at radius 2 is 2.05 bits per heavy atom. The van der Waals surface area contributed by atoms with Gasteiger partial charge < -0.3 is 15.2 Å². The second kappa shape index (κ2) is 7.43. The highest BCUT2D eigenvalue weighted by Crippen LogP contribution is 2.15. The molecule has 0 heterocycles. The number of carbonyl (C=O) groups is 2. The maximum absolute atomic E-state index is 11.3. The molecule has 0 fully saturated rings. The molecule has 0 bridgehead atoms. The first kappa shape index (κ1) is 15.0. The molecule has 0 aromatic heterocycles. The Morgan fingerprint density at radius 3 is 2.53 bits per heavy atom. The van der Waals surface area contributed by atoms with E-state index in [0.29, 0.717) is 11.4 Å². The van der Waals surface area contributed by atoms with Crippen LogP contribution in [0.15, 0.2) is 36.9 Å². The molecule has 0 saturated heterocycles. The van der Waals surface area contributed by atoms with E-state index in [1.807, 2.05) is 0 Å². The summed E-state index contributed by atoms with van der Waals surface area (Å²) in [5.41, 5.74) is 1.31. The van der Waals surface area contributed by atoms with Crippen LogP contribution < -0.4 is 5.32 Å². The summed E-state index contributed by atoms with van der Waals surface area (Å²) in [6.45, 7) is 3.41. The van der Waals surface area contributed by atoms with Crippen LogP contribution in [0.25, 0.3) is 0 Å². The number of halogens is 1. The van der Waals surface area contributed by atoms with Crippen molar-refractivity contribution in [2.24, 2.45) is 0 Å². The van der Waals surface area contributed by atoms with Crippen molar-refractivity contribution < 1.29 is 19.4 Å². The number of hydrogen-bond donors (Lipinski definition) is 2. The molecule has 0 spiro atoms. The molecule has 6 heteroatoms. The molecule has 1 atom stereocenters. The minimum atomic E-state index is -1.17. The van der Waals surface area contributed by atoms with Gasteiger partial charge in [0.25, 0.3) is 0 Å². The Balaban J connectivity index is 2.78. The molecule has 1 unspecified atom stereocenters. The molecule has 102 valence electrons. The minimum absolute atomic E-state index is 0.0172. The number of alkyl halides is 1. The standard InChI is InChI=1S/C13H14ClNO4/c1-2-7-19-13(18)15-11(12(16)17)10-5-3-9(8-14)4-6-10/h2-6,11H,1,7-8H2,(H,15,18)(H,16,17). The van der Waals surface area contributed by atoms with E-state index in [9.17, 15) is 9.59 Å². The first-order valence-corrected chi connectivity index (χ1v) is 6.03. The zero-order chi connectivity index (χ0) is 14.3. The number of carbonyl (C=O) groups excluding carboxylic acids is 1. The zero-order valence-electron chi connectivity index (χ0n) is 10.1. The Morgan fingerprint density at radius 1 is 1.42 bits per heavy atom. The molecule has 5 nitrogen and oxygen atoms in total. The summed E-state index contributed by atoms with van der Waals surface area (Å²) >= 11 is 5.65. The summed E-state index contributed by atoms with van der Waals surface area (Å²) in [7, 11) is 0. The summed E-state index contributed by atoms with van der Waals surface area (Å²) in [5.74, 6) is -0.832. The van der Waals surface area contributed by atoms with E-state index < -0.39 is 18.1 Å². The molecule has 1 aromatic carbocycles. The number of amides is 1. The highest BCUT2D eigenvalue weighted by atomic mass is 35.5. The average Bonchev–Trinajstić information content (AvgIpc) is 2.42. The van der Waals surface area contributed by atoms with Gasteiger partial charge in [-0.25, -0.2) is 9.59 Å². The van der Waals surface area contributed by atoms with E-state index >= 15 is 0 Å². The van der Waals surface area contributed by atoms with Crippen molar-refractivity contribution in [3.63, 3.8) is 0 Å². The van der Waals surface area contributed by atoms with Crippen molar-refractivity contribution in [3.8, 4) is 0 Å².